The van der Waals surface area contributed by atoms with Gasteiger partial charge in [-0.25, -0.2) is 4.79 Å². The minimum atomic E-state index is -4.80. The molecule has 1 aliphatic heterocycles. The average Bonchev–Trinajstić information content (AvgIpc) is 2.29. The standard InChI is InChI=1S/C7H9F3N2O2S/c1-6(7(8,9)10)4(13)12(2-3-15)5(14)11-6/h15H,2-3H2,1H3,(H,11,14). The molecule has 15 heavy (non-hydrogen) atoms. The summed E-state index contributed by atoms with van der Waals surface area (Å²) >= 11 is 3.75. The fourth-order valence-corrected chi connectivity index (χ4v) is 1.39. The van der Waals surface area contributed by atoms with Gasteiger partial charge in [-0.1, -0.05) is 0 Å². The highest BCUT2D eigenvalue weighted by atomic mass is 32.1. The number of thiol groups is 1. The predicted octanol–water partition coefficient (Wildman–Crippen LogP) is 0.789. The second kappa shape index (κ2) is 3.58. The summed E-state index contributed by atoms with van der Waals surface area (Å²) < 4.78 is 37.5. The molecule has 1 N–H and O–H groups in total. The molecule has 0 aromatic heterocycles. The van der Waals surface area contributed by atoms with E-state index < -0.39 is 23.7 Å². The molecule has 0 saturated carbocycles. The van der Waals surface area contributed by atoms with Gasteiger partial charge in [0, 0.05) is 12.3 Å². The van der Waals surface area contributed by atoms with E-state index >= 15 is 0 Å². The Labute approximate surface area is 89.2 Å². The predicted molar refractivity (Wildman–Crippen MR) is 48.6 cm³/mol. The van der Waals surface area contributed by atoms with Gasteiger partial charge in [-0.15, -0.1) is 0 Å². The molecule has 8 heteroatoms. The Kier molecular flexibility index (Phi) is 2.90. The number of carbonyl (C=O) groups is 2. The molecule has 0 radical (unpaired) electrons. The van der Waals surface area contributed by atoms with E-state index in [1.54, 1.807) is 5.32 Å². The number of hydrogen-bond acceptors (Lipinski definition) is 3. The maximum Gasteiger partial charge on any atom is 0.420 e. The minimum Gasteiger partial charge on any atom is -0.316 e. The van der Waals surface area contributed by atoms with Crippen LogP contribution in [0.5, 0.6) is 0 Å². The van der Waals surface area contributed by atoms with Crippen LogP contribution in [0.15, 0.2) is 0 Å². The van der Waals surface area contributed by atoms with E-state index in [0.717, 1.165) is 0 Å². The summed E-state index contributed by atoms with van der Waals surface area (Å²) in [6.45, 7) is 0.505. The van der Waals surface area contributed by atoms with Crippen LogP contribution in [0.2, 0.25) is 0 Å². The Bertz CT molecular complexity index is 307. The zero-order valence-electron chi connectivity index (χ0n) is 7.76. The third kappa shape index (κ3) is 1.77. The van der Waals surface area contributed by atoms with Crippen molar-refractivity contribution < 1.29 is 22.8 Å². The summed E-state index contributed by atoms with van der Waals surface area (Å²) in [4.78, 5) is 23.0. The number of nitrogens with zero attached hydrogens (tertiary/aromatic N) is 1. The monoisotopic (exact) mass is 242 g/mol. The summed E-state index contributed by atoms with van der Waals surface area (Å²) in [5.74, 6) is -1.17. The van der Waals surface area contributed by atoms with Gasteiger partial charge in [0.15, 0.2) is 0 Å². The fraction of sp³-hybridized carbons (Fsp3) is 0.714. The van der Waals surface area contributed by atoms with Crippen molar-refractivity contribution >= 4 is 24.6 Å². The van der Waals surface area contributed by atoms with E-state index in [2.05, 4.69) is 12.6 Å². The van der Waals surface area contributed by atoms with Gasteiger partial charge in [-0.05, 0) is 6.92 Å². The lowest BCUT2D eigenvalue weighted by Crippen LogP contribution is -2.56. The molecule has 0 aromatic rings. The lowest BCUT2D eigenvalue weighted by molar-refractivity contribution is -0.190. The molecule has 1 atom stereocenters. The van der Waals surface area contributed by atoms with Crippen molar-refractivity contribution in [3.8, 4) is 0 Å². The van der Waals surface area contributed by atoms with Crippen molar-refractivity contribution in [2.24, 2.45) is 0 Å². The van der Waals surface area contributed by atoms with E-state index in [9.17, 15) is 22.8 Å². The average molecular weight is 242 g/mol. The molecule has 1 aliphatic rings. The van der Waals surface area contributed by atoms with E-state index in [1.807, 2.05) is 0 Å². The van der Waals surface area contributed by atoms with Crippen LogP contribution in [0, 0.1) is 0 Å². The van der Waals surface area contributed by atoms with Gasteiger partial charge in [0.25, 0.3) is 5.91 Å². The zero-order valence-corrected chi connectivity index (χ0v) is 8.65. The number of nitrogens with one attached hydrogen (secondary N) is 1. The molecule has 0 spiro atoms. The normalized spacial score (nSPS) is 27.1. The number of carbonyl (C=O) groups excluding carboxylic acids is 2. The Morgan fingerprint density at radius 1 is 1.47 bits per heavy atom. The summed E-state index contributed by atoms with van der Waals surface area (Å²) in [7, 11) is 0. The van der Waals surface area contributed by atoms with Crippen LogP contribution < -0.4 is 5.32 Å². The van der Waals surface area contributed by atoms with Gasteiger partial charge in [0.1, 0.15) is 0 Å². The molecule has 1 unspecified atom stereocenters. The number of amides is 3. The van der Waals surface area contributed by atoms with Crippen LogP contribution in [0.25, 0.3) is 0 Å². The molecule has 86 valence electrons. The first-order valence-corrected chi connectivity index (χ1v) is 4.69. The van der Waals surface area contributed by atoms with Gasteiger partial charge < -0.3 is 5.32 Å². The minimum absolute atomic E-state index is 0.118. The quantitative estimate of drug-likeness (QED) is 0.555. The Balaban J connectivity index is 3.00. The van der Waals surface area contributed by atoms with Crippen molar-refractivity contribution in [3.05, 3.63) is 0 Å². The number of imide groups is 1. The van der Waals surface area contributed by atoms with E-state index in [1.165, 1.54) is 0 Å². The first-order chi connectivity index (χ1) is 6.74. The summed E-state index contributed by atoms with van der Waals surface area (Å²) in [5, 5.41) is 1.63. The molecule has 0 aromatic carbocycles. The molecule has 1 heterocycles. The zero-order chi connectivity index (χ0) is 11.9. The van der Waals surface area contributed by atoms with Crippen molar-refractivity contribution in [2.45, 2.75) is 18.6 Å². The summed E-state index contributed by atoms with van der Waals surface area (Å²) in [6, 6.07) is -1.03. The topological polar surface area (TPSA) is 49.4 Å². The van der Waals surface area contributed by atoms with Gasteiger partial charge in [0.05, 0.1) is 0 Å². The van der Waals surface area contributed by atoms with Crippen LogP contribution in [0.1, 0.15) is 6.92 Å². The largest absolute Gasteiger partial charge is 0.420 e. The Hall–Kier alpha value is -0.920. The second-order valence-electron chi connectivity index (χ2n) is 3.23. The van der Waals surface area contributed by atoms with E-state index in [-0.39, 0.29) is 12.3 Å². The summed E-state index contributed by atoms with van der Waals surface area (Å²) in [5.41, 5.74) is -2.81. The maximum absolute atomic E-state index is 12.5. The molecule has 1 rings (SSSR count). The lowest BCUT2D eigenvalue weighted by atomic mass is 10.0. The molecule has 0 aliphatic carbocycles. The Morgan fingerprint density at radius 3 is 2.33 bits per heavy atom. The van der Waals surface area contributed by atoms with Crippen molar-refractivity contribution in [3.63, 3.8) is 0 Å². The first-order valence-electron chi connectivity index (χ1n) is 4.05. The highest BCUT2D eigenvalue weighted by molar-refractivity contribution is 7.80. The fourth-order valence-electron chi connectivity index (χ4n) is 1.19. The molecular weight excluding hydrogens is 233 g/mol. The lowest BCUT2D eigenvalue weighted by Gasteiger charge is -2.24. The Morgan fingerprint density at radius 2 is 2.00 bits per heavy atom. The highest BCUT2D eigenvalue weighted by Crippen LogP contribution is 2.34. The SMILES string of the molecule is CC1(C(F)(F)F)NC(=O)N(CCS)C1=O. The van der Waals surface area contributed by atoms with Crippen LogP contribution in [0.4, 0.5) is 18.0 Å². The molecule has 3 amide bonds. The second-order valence-corrected chi connectivity index (χ2v) is 3.68. The highest BCUT2D eigenvalue weighted by Gasteiger charge is 2.64. The van der Waals surface area contributed by atoms with Crippen LogP contribution in [0.3, 0.4) is 0 Å². The number of alkyl halides is 3. The third-order valence-electron chi connectivity index (χ3n) is 2.17. The van der Waals surface area contributed by atoms with Crippen LogP contribution in [-0.2, 0) is 4.79 Å². The van der Waals surface area contributed by atoms with E-state index in [0.29, 0.717) is 11.8 Å². The molecule has 1 saturated heterocycles. The third-order valence-corrected chi connectivity index (χ3v) is 2.37. The number of urea groups is 1. The number of halogens is 3. The summed E-state index contributed by atoms with van der Waals surface area (Å²) in [6.07, 6.45) is -4.80. The van der Waals surface area contributed by atoms with E-state index in [4.69, 9.17) is 0 Å². The maximum atomic E-state index is 12.5. The molecule has 0 bridgehead atoms. The molecular formula is C7H9F3N2O2S. The van der Waals surface area contributed by atoms with Crippen LogP contribution in [-0.4, -0.2) is 40.9 Å². The first kappa shape index (κ1) is 12.2. The van der Waals surface area contributed by atoms with Crippen molar-refractivity contribution in [1.82, 2.24) is 10.2 Å². The number of hydrogen-bond donors (Lipinski definition) is 2. The number of rotatable bonds is 2. The van der Waals surface area contributed by atoms with Crippen LogP contribution >= 0.6 is 12.6 Å². The van der Waals surface area contributed by atoms with Gasteiger partial charge in [-0.2, -0.15) is 25.8 Å². The van der Waals surface area contributed by atoms with Gasteiger partial charge in [-0.3, -0.25) is 9.69 Å². The molecule has 4 nitrogen and oxygen atoms in total. The van der Waals surface area contributed by atoms with Crippen molar-refractivity contribution in [2.75, 3.05) is 12.3 Å². The van der Waals surface area contributed by atoms with Gasteiger partial charge >= 0.3 is 12.2 Å². The molecule has 1 fully saturated rings. The van der Waals surface area contributed by atoms with Gasteiger partial charge in [0.2, 0.25) is 5.54 Å². The smallest absolute Gasteiger partial charge is 0.316 e. The van der Waals surface area contributed by atoms with Crippen molar-refractivity contribution in [1.29, 1.82) is 0 Å².